The average Bonchev–Trinajstić information content (AvgIpc) is 2.84. The number of carbonyl (C=O) groups is 5. The fraction of sp³-hybridized carbons (Fsp3) is 0.815. The molecule has 0 aliphatic heterocycles. The van der Waals surface area contributed by atoms with Crippen LogP contribution in [0.1, 0.15) is 74.7 Å². The van der Waals surface area contributed by atoms with Gasteiger partial charge in [-0.1, -0.05) is 48.0 Å². The molecule has 0 aromatic rings. The Labute approximate surface area is 229 Å². The third kappa shape index (κ3) is 10.6. The number of nitrogens with zero attached hydrogens (tertiary/aromatic N) is 2. The van der Waals surface area contributed by atoms with Gasteiger partial charge in [0.25, 0.3) is 0 Å². The van der Waals surface area contributed by atoms with E-state index >= 15 is 0 Å². The van der Waals surface area contributed by atoms with Crippen molar-refractivity contribution in [2.75, 3.05) is 21.1 Å². The highest BCUT2D eigenvalue weighted by molar-refractivity contribution is 5.95. The van der Waals surface area contributed by atoms with Gasteiger partial charge < -0.3 is 31.5 Å². The van der Waals surface area contributed by atoms with Gasteiger partial charge in [0.1, 0.15) is 24.2 Å². The summed E-state index contributed by atoms with van der Waals surface area (Å²) in [4.78, 5) is 67.7. The first-order valence-corrected chi connectivity index (χ1v) is 13.6. The van der Waals surface area contributed by atoms with Crippen LogP contribution in [0.5, 0.6) is 0 Å². The Morgan fingerprint density at radius 3 is 1.74 bits per heavy atom. The third-order valence-corrected chi connectivity index (χ3v) is 6.90. The van der Waals surface area contributed by atoms with E-state index in [9.17, 15) is 24.0 Å². The van der Waals surface area contributed by atoms with Gasteiger partial charge in [0.05, 0.1) is 0 Å². The lowest BCUT2D eigenvalue weighted by atomic mass is 9.95. The minimum Gasteiger partial charge on any atom is -0.357 e. The predicted molar refractivity (Wildman–Crippen MR) is 149 cm³/mol. The SMILES string of the molecule is CC[C@H](C)[C@H](NC(=O)[C@H](CC(C)C)N(C)C(=O)[C@H](NC(=O)C[C@H](C)N)C(C)C)C(=O)N(C)C(C)C(=O)NC. The van der Waals surface area contributed by atoms with Crippen LogP contribution in [0.3, 0.4) is 0 Å². The molecule has 1 unspecified atom stereocenters. The summed E-state index contributed by atoms with van der Waals surface area (Å²) in [7, 11) is 4.57. The lowest BCUT2D eigenvalue weighted by Gasteiger charge is -2.36. The van der Waals surface area contributed by atoms with Gasteiger partial charge >= 0.3 is 0 Å². The summed E-state index contributed by atoms with van der Waals surface area (Å²) >= 11 is 0. The van der Waals surface area contributed by atoms with Crippen molar-refractivity contribution in [1.82, 2.24) is 25.8 Å². The number of rotatable bonds is 15. The standard InChI is InChI=1S/C27H52N6O5/c1-12-17(6)23(27(38)32(10)19(8)24(35)29-9)31-25(36)20(13-15(2)3)33(11)26(37)22(16(4)5)30-21(34)14-18(7)28/h15-20,22-23H,12-14,28H2,1-11H3,(H,29,35)(H,30,34)(H,31,36)/t17-,18-,19?,20-,22+,23-/m0/s1. The van der Waals surface area contributed by atoms with Crippen LogP contribution < -0.4 is 21.7 Å². The molecule has 0 rings (SSSR count). The fourth-order valence-electron chi connectivity index (χ4n) is 4.03. The van der Waals surface area contributed by atoms with Crippen LogP contribution in [-0.2, 0) is 24.0 Å². The van der Waals surface area contributed by atoms with Crippen molar-refractivity contribution in [1.29, 1.82) is 0 Å². The highest BCUT2D eigenvalue weighted by Crippen LogP contribution is 2.18. The van der Waals surface area contributed by atoms with Gasteiger partial charge in [-0.2, -0.15) is 0 Å². The normalized spacial score (nSPS) is 16.1. The van der Waals surface area contributed by atoms with E-state index in [0.29, 0.717) is 12.8 Å². The number of carbonyl (C=O) groups excluding carboxylic acids is 5. The molecular weight excluding hydrogens is 488 g/mol. The van der Waals surface area contributed by atoms with E-state index in [2.05, 4.69) is 16.0 Å². The minimum absolute atomic E-state index is 0.0693. The molecule has 5 N–H and O–H groups in total. The van der Waals surface area contributed by atoms with Crippen LogP contribution in [0.15, 0.2) is 0 Å². The lowest BCUT2D eigenvalue weighted by molar-refractivity contribution is -0.146. The first-order chi connectivity index (χ1) is 17.5. The zero-order valence-electron chi connectivity index (χ0n) is 25.3. The summed E-state index contributed by atoms with van der Waals surface area (Å²) in [5.41, 5.74) is 5.73. The molecule has 0 aromatic carbocycles. The number of hydrogen-bond donors (Lipinski definition) is 4. The third-order valence-electron chi connectivity index (χ3n) is 6.90. The van der Waals surface area contributed by atoms with E-state index in [1.807, 2.05) is 41.5 Å². The number of hydrogen-bond acceptors (Lipinski definition) is 6. The zero-order chi connectivity index (χ0) is 29.9. The van der Waals surface area contributed by atoms with E-state index in [0.717, 1.165) is 0 Å². The number of amides is 5. The second-order valence-electron chi connectivity index (χ2n) is 11.2. The van der Waals surface area contributed by atoms with E-state index in [1.54, 1.807) is 20.9 Å². The van der Waals surface area contributed by atoms with E-state index < -0.39 is 36.0 Å². The highest BCUT2D eigenvalue weighted by atomic mass is 16.2. The number of likely N-dealkylation sites (N-methyl/N-ethyl adjacent to an activating group) is 3. The predicted octanol–water partition coefficient (Wildman–Crippen LogP) is 0.861. The van der Waals surface area contributed by atoms with Gasteiger partial charge in [-0.25, -0.2) is 0 Å². The highest BCUT2D eigenvalue weighted by Gasteiger charge is 2.37. The van der Waals surface area contributed by atoms with E-state index in [1.165, 1.54) is 23.9 Å². The van der Waals surface area contributed by atoms with Gasteiger partial charge in [-0.3, -0.25) is 24.0 Å². The van der Waals surface area contributed by atoms with Gasteiger partial charge in [0, 0.05) is 33.6 Å². The molecule has 0 aromatic heterocycles. The summed E-state index contributed by atoms with van der Waals surface area (Å²) < 4.78 is 0. The monoisotopic (exact) mass is 540 g/mol. The molecule has 0 spiro atoms. The molecule has 0 aliphatic carbocycles. The number of nitrogens with one attached hydrogen (secondary N) is 3. The minimum atomic E-state index is -0.880. The molecule has 220 valence electrons. The van der Waals surface area contributed by atoms with Crippen molar-refractivity contribution in [3.63, 3.8) is 0 Å². The summed E-state index contributed by atoms with van der Waals surface area (Å²) in [6.07, 6.45) is 1.05. The van der Waals surface area contributed by atoms with Crippen LogP contribution in [0.25, 0.3) is 0 Å². The molecule has 0 saturated carbocycles. The van der Waals surface area contributed by atoms with E-state index in [4.69, 9.17) is 5.73 Å². The Balaban J connectivity index is 6.04. The number of nitrogens with two attached hydrogens (primary N) is 1. The topological polar surface area (TPSA) is 154 Å². The van der Waals surface area contributed by atoms with Gasteiger partial charge in [0.2, 0.25) is 29.5 Å². The van der Waals surface area contributed by atoms with Crippen molar-refractivity contribution in [2.24, 2.45) is 23.5 Å². The van der Waals surface area contributed by atoms with Crippen LogP contribution in [-0.4, -0.2) is 90.7 Å². The molecule has 6 atom stereocenters. The van der Waals surface area contributed by atoms with Gasteiger partial charge in [-0.15, -0.1) is 0 Å². The van der Waals surface area contributed by atoms with Crippen LogP contribution >= 0.6 is 0 Å². The molecule has 11 heteroatoms. The second-order valence-corrected chi connectivity index (χ2v) is 11.2. The molecule has 5 amide bonds. The van der Waals surface area contributed by atoms with Crippen LogP contribution in [0.4, 0.5) is 0 Å². The summed E-state index contributed by atoms with van der Waals surface area (Å²) in [6, 6.07) is -3.66. The molecular formula is C27H52N6O5. The average molecular weight is 541 g/mol. The first kappa shape index (κ1) is 35.3. The summed E-state index contributed by atoms with van der Waals surface area (Å²) in [5, 5.41) is 8.17. The molecule has 11 nitrogen and oxygen atoms in total. The molecule has 0 radical (unpaired) electrons. The Morgan fingerprint density at radius 1 is 0.789 bits per heavy atom. The van der Waals surface area contributed by atoms with Gasteiger partial charge in [0.15, 0.2) is 0 Å². The molecule has 0 aliphatic rings. The Kier molecular flexibility index (Phi) is 15.2. The molecule has 0 bridgehead atoms. The molecule has 0 saturated heterocycles. The van der Waals surface area contributed by atoms with Crippen LogP contribution in [0.2, 0.25) is 0 Å². The molecule has 0 heterocycles. The second kappa shape index (κ2) is 16.3. The summed E-state index contributed by atoms with van der Waals surface area (Å²) in [6.45, 7) is 14.6. The quantitative estimate of drug-likeness (QED) is 0.242. The maximum Gasteiger partial charge on any atom is 0.245 e. The maximum absolute atomic E-state index is 13.6. The van der Waals surface area contributed by atoms with Crippen molar-refractivity contribution in [3.05, 3.63) is 0 Å². The summed E-state index contributed by atoms with van der Waals surface area (Å²) in [5.74, 6) is -2.25. The van der Waals surface area contributed by atoms with Crippen molar-refractivity contribution < 1.29 is 24.0 Å². The van der Waals surface area contributed by atoms with Crippen LogP contribution in [0, 0.1) is 17.8 Å². The Hall–Kier alpha value is -2.69. The van der Waals surface area contributed by atoms with E-state index in [-0.39, 0.29) is 47.9 Å². The smallest absolute Gasteiger partial charge is 0.245 e. The van der Waals surface area contributed by atoms with Crippen molar-refractivity contribution in [3.8, 4) is 0 Å². The first-order valence-electron chi connectivity index (χ1n) is 13.6. The zero-order valence-corrected chi connectivity index (χ0v) is 25.3. The largest absolute Gasteiger partial charge is 0.357 e. The molecule has 0 fully saturated rings. The Bertz CT molecular complexity index is 816. The maximum atomic E-state index is 13.6. The van der Waals surface area contributed by atoms with Gasteiger partial charge in [-0.05, 0) is 38.0 Å². The Morgan fingerprint density at radius 2 is 1.32 bits per heavy atom. The lowest BCUT2D eigenvalue weighted by Crippen LogP contribution is -2.60. The van der Waals surface area contributed by atoms with Crippen molar-refractivity contribution >= 4 is 29.5 Å². The van der Waals surface area contributed by atoms with Crippen molar-refractivity contribution in [2.45, 2.75) is 105 Å². The fourth-order valence-corrected chi connectivity index (χ4v) is 4.03. The molecule has 38 heavy (non-hydrogen) atoms.